The summed E-state index contributed by atoms with van der Waals surface area (Å²) in [7, 11) is 2.27. The molecule has 1 heterocycles. The van der Waals surface area contributed by atoms with Gasteiger partial charge in [-0.3, -0.25) is 4.90 Å². The molecule has 1 saturated carbocycles. The first-order chi connectivity index (χ1) is 7.27. The van der Waals surface area contributed by atoms with Crippen molar-refractivity contribution < 1.29 is 4.74 Å². The predicted octanol–water partition coefficient (Wildman–Crippen LogP) is 2.92. The number of hydrogen-bond acceptors (Lipinski definition) is 2. The zero-order valence-electron chi connectivity index (χ0n) is 10.8. The number of nitrogens with zero attached hydrogens (tertiary/aromatic N) is 1. The summed E-state index contributed by atoms with van der Waals surface area (Å²) in [5.74, 6) is 0.960. The van der Waals surface area contributed by atoms with Crippen molar-refractivity contribution in [2.45, 2.75) is 58.5 Å². The summed E-state index contributed by atoms with van der Waals surface area (Å²) in [4.78, 5) is 2.55. The second-order valence-corrected chi connectivity index (χ2v) is 4.77. The van der Waals surface area contributed by atoms with E-state index in [0.717, 1.165) is 31.2 Å². The Bertz CT molecular complexity index is 160. The second-order valence-electron chi connectivity index (χ2n) is 4.77. The molecule has 0 aromatic carbocycles. The Balaban J connectivity index is 0.000000531. The van der Waals surface area contributed by atoms with E-state index in [1.165, 1.54) is 25.7 Å². The lowest BCUT2D eigenvalue weighted by Gasteiger charge is -2.42. The first kappa shape index (κ1) is 13.0. The maximum atomic E-state index is 5.23. The van der Waals surface area contributed by atoms with Crippen molar-refractivity contribution in [2.75, 3.05) is 20.3 Å². The first-order valence-electron chi connectivity index (χ1n) is 6.57. The fourth-order valence-corrected chi connectivity index (χ4v) is 2.41. The van der Waals surface area contributed by atoms with Gasteiger partial charge in [0.25, 0.3) is 0 Å². The molecule has 0 aromatic rings. The molecule has 2 fully saturated rings. The van der Waals surface area contributed by atoms with Gasteiger partial charge in [0.2, 0.25) is 0 Å². The minimum absolute atomic E-state index is 0.721. The third-order valence-corrected chi connectivity index (χ3v) is 3.76. The molecule has 0 spiro atoms. The summed E-state index contributed by atoms with van der Waals surface area (Å²) in [5.41, 5.74) is 0. The van der Waals surface area contributed by atoms with Crippen molar-refractivity contribution in [3.63, 3.8) is 0 Å². The third-order valence-electron chi connectivity index (χ3n) is 3.76. The lowest BCUT2D eigenvalue weighted by molar-refractivity contribution is -0.0746. The molecule has 0 atom stereocenters. The van der Waals surface area contributed by atoms with Crippen LogP contribution in [0, 0.1) is 5.92 Å². The van der Waals surface area contributed by atoms with Gasteiger partial charge >= 0.3 is 0 Å². The highest BCUT2D eigenvalue weighted by Crippen LogP contribution is 2.28. The topological polar surface area (TPSA) is 12.5 Å². The molecule has 0 aromatic heterocycles. The Hall–Kier alpha value is -0.0800. The molecule has 0 radical (unpaired) electrons. The van der Waals surface area contributed by atoms with Crippen LogP contribution in [0.15, 0.2) is 0 Å². The Kier molecular flexibility index (Phi) is 5.62. The van der Waals surface area contributed by atoms with Gasteiger partial charge in [-0.1, -0.05) is 20.8 Å². The fraction of sp³-hybridized carbons (Fsp3) is 1.00. The van der Waals surface area contributed by atoms with E-state index in [1.54, 1.807) is 0 Å². The molecule has 0 unspecified atom stereocenters. The van der Waals surface area contributed by atoms with Crippen LogP contribution in [-0.2, 0) is 4.74 Å². The van der Waals surface area contributed by atoms with Crippen molar-refractivity contribution >= 4 is 0 Å². The van der Waals surface area contributed by atoms with E-state index in [4.69, 9.17) is 4.74 Å². The lowest BCUT2D eigenvalue weighted by atomic mass is 9.86. The summed E-state index contributed by atoms with van der Waals surface area (Å²) >= 11 is 0. The Morgan fingerprint density at radius 2 is 1.47 bits per heavy atom. The molecule has 2 nitrogen and oxygen atoms in total. The molecule has 1 aliphatic heterocycles. The lowest BCUT2D eigenvalue weighted by Crippen LogP contribution is -2.52. The summed E-state index contributed by atoms with van der Waals surface area (Å²) in [5, 5.41) is 0. The number of hydrogen-bond donors (Lipinski definition) is 0. The first-order valence-corrected chi connectivity index (χ1v) is 6.57. The maximum Gasteiger partial charge on any atom is 0.0645 e. The van der Waals surface area contributed by atoms with Crippen LogP contribution in [0.5, 0.6) is 0 Å². The predicted molar refractivity (Wildman–Crippen MR) is 65.1 cm³/mol. The maximum absolute atomic E-state index is 5.23. The van der Waals surface area contributed by atoms with Gasteiger partial charge in [0.05, 0.1) is 19.3 Å². The monoisotopic (exact) mass is 213 g/mol. The van der Waals surface area contributed by atoms with Gasteiger partial charge in [0, 0.05) is 6.04 Å². The van der Waals surface area contributed by atoms with Crippen LogP contribution in [0.3, 0.4) is 0 Å². The molecule has 2 aliphatic rings. The van der Waals surface area contributed by atoms with Gasteiger partial charge in [-0.2, -0.15) is 0 Å². The largest absolute Gasteiger partial charge is 0.378 e. The average Bonchev–Trinajstić information content (AvgIpc) is 2.19. The van der Waals surface area contributed by atoms with Crippen LogP contribution in [0.4, 0.5) is 0 Å². The minimum Gasteiger partial charge on any atom is -0.378 e. The molecule has 1 aliphatic carbocycles. The van der Waals surface area contributed by atoms with Gasteiger partial charge in [-0.05, 0) is 38.6 Å². The van der Waals surface area contributed by atoms with E-state index in [1.807, 2.05) is 13.8 Å². The van der Waals surface area contributed by atoms with E-state index in [2.05, 4.69) is 18.9 Å². The molecule has 2 heteroatoms. The van der Waals surface area contributed by atoms with Gasteiger partial charge < -0.3 is 4.74 Å². The van der Waals surface area contributed by atoms with Crippen LogP contribution < -0.4 is 0 Å². The smallest absolute Gasteiger partial charge is 0.0645 e. The van der Waals surface area contributed by atoms with E-state index in [-0.39, 0.29) is 0 Å². The molecular weight excluding hydrogens is 186 g/mol. The van der Waals surface area contributed by atoms with Gasteiger partial charge in [-0.25, -0.2) is 0 Å². The van der Waals surface area contributed by atoms with Crippen LogP contribution in [0.2, 0.25) is 0 Å². The van der Waals surface area contributed by atoms with Gasteiger partial charge in [-0.15, -0.1) is 0 Å². The quantitative estimate of drug-likeness (QED) is 0.699. The van der Waals surface area contributed by atoms with Crippen molar-refractivity contribution in [3.8, 4) is 0 Å². The van der Waals surface area contributed by atoms with Gasteiger partial charge in [0.15, 0.2) is 0 Å². The third kappa shape index (κ3) is 3.46. The number of ether oxygens (including phenoxy) is 1. The fourth-order valence-electron chi connectivity index (χ4n) is 2.41. The highest BCUT2D eigenvalue weighted by atomic mass is 16.5. The van der Waals surface area contributed by atoms with Crippen LogP contribution in [-0.4, -0.2) is 37.2 Å². The Morgan fingerprint density at radius 3 is 1.87 bits per heavy atom. The summed E-state index contributed by atoms with van der Waals surface area (Å²) in [6.45, 7) is 8.30. The minimum atomic E-state index is 0.721. The zero-order valence-corrected chi connectivity index (χ0v) is 10.8. The van der Waals surface area contributed by atoms with E-state index in [0.29, 0.717) is 0 Å². The molecule has 0 amide bonds. The highest BCUT2D eigenvalue weighted by Gasteiger charge is 2.30. The van der Waals surface area contributed by atoms with Crippen LogP contribution in [0.25, 0.3) is 0 Å². The molecule has 2 rings (SSSR count). The van der Waals surface area contributed by atoms with E-state index in [9.17, 15) is 0 Å². The summed E-state index contributed by atoms with van der Waals surface area (Å²) in [6.07, 6.45) is 5.63. The van der Waals surface area contributed by atoms with Gasteiger partial charge in [0.1, 0.15) is 0 Å². The summed E-state index contributed by atoms with van der Waals surface area (Å²) < 4.78 is 5.23. The normalized spacial score (nSPS) is 31.8. The van der Waals surface area contributed by atoms with E-state index < -0.39 is 0 Å². The SMILES string of the molecule is CC.CC1CCC(N(C)C2COC2)CC1. The summed E-state index contributed by atoms with van der Waals surface area (Å²) in [6, 6.07) is 1.56. The number of rotatable bonds is 2. The average molecular weight is 213 g/mol. The zero-order chi connectivity index (χ0) is 11.3. The second kappa shape index (κ2) is 6.49. The van der Waals surface area contributed by atoms with Crippen molar-refractivity contribution in [2.24, 2.45) is 5.92 Å². The van der Waals surface area contributed by atoms with Crippen molar-refractivity contribution in [1.82, 2.24) is 4.90 Å². The highest BCUT2D eigenvalue weighted by molar-refractivity contribution is 4.83. The Morgan fingerprint density at radius 1 is 0.933 bits per heavy atom. The van der Waals surface area contributed by atoms with E-state index >= 15 is 0 Å². The van der Waals surface area contributed by atoms with Crippen molar-refractivity contribution in [3.05, 3.63) is 0 Å². The Labute approximate surface area is 95.0 Å². The van der Waals surface area contributed by atoms with Crippen LogP contribution in [0.1, 0.15) is 46.5 Å². The molecular formula is C13H27NO. The molecule has 0 bridgehead atoms. The molecule has 15 heavy (non-hydrogen) atoms. The molecule has 1 saturated heterocycles. The number of likely N-dealkylation sites (N-methyl/N-ethyl adjacent to an activating group) is 1. The standard InChI is InChI=1S/C11H21NO.C2H6/c1-9-3-5-10(6-4-9)12(2)11-7-13-8-11;1-2/h9-11H,3-8H2,1-2H3;1-2H3. The molecule has 90 valence electrons. The van der Waals surface area contributed by atoms with Crippen molar-refractivity contribution in [1.29, 1.82) is 0 Å². The molecule has 0 N–H and O–H groups in total. The van der Waals surface area contributed by atoms with Crippen LogP contribution >= 0.6 is 0 Å².